The molecule has 0 saturated carbocycles. The van der Waals surface area contributed by atoms with Crippen molar-refractivity contribution in [2.24, 2.45) is 0 Å². The third kappa shape index (κ3) is 9.63. The van der Waals surface area contributed by atoms with Crippen molar-refractivity contribution < 1.29 is 13.2 Å². The Kier molecular flexibility index (Phi) is 10.5. The van der Waals surface area contributed by atoms with Gasteiger partial charge in [0.15, 0.2) is 9.84 Å². The fourth-order valence-corrected chi connectivity index (χ4v) is 4.22. The molecule has 0 heterocycles. The van der Waals surface area contributed by atoms with Crippen molar-refractivity contribution >= 4 is 21.4 Å². The van der Waals surface area contributed by atoms with Crippen molar-refractivity contribution in [2.75, 3.05) is 11.1 Å². The highest BCUT2D eigenvalue weighted by molar-refractivity contribution is 7.91. The third-order valence-electron chi connectivity index (χ3n) is 4.30. The van der Waals surface area contributed by atoms with Gasteiger partial charge in [-0.3, -0.25) is 4.79 Å². The van der Waals surface area contributed by atoms with Crippen molar-refractivity contribution in [3.05, 3.63) is 24.3 Å². The molecule has 0 bridgehead atoms. The molecule has 1 amide bonds. The van der Waals surface area contributed by atoms with Gasteiger partial charge in [0.25, 0.3) is 0 Å². The molecule has 0 radical (unpaired) electrons. The first-order chi connectivity index (χ1) is 12.0. The van der Waals surface area contributed by atoms with Gasteiger partial charge >= 0.3 is 0 Å². The van der Waals surface area contributed by atoms with Crippen LogP contribution in [0.4, 0.5) is 5.69 Å². The number of amides is 1. The molecular weight excluding hydrogens is 334 g/mol. The van der Waals surface area contributed by atoms with Crippen LogP contribution in [0.5, 0.6) is 0 Å². The van der Waals surface area contributed by atoms with Gasteiger partial charge in [-0.25, -0.2) is 8.42 Å². The summed E-state index contributed by atoms with van der Waals surface area (Å²) < 4.78 is 24.6. The number of hydrogen-bond donors (Lipinski definition) is 1. The number of anilines is 1. The van der Waals surface area contributed by atoms with Crippen molar-refractivity contribution in [1.82, 2.24) is 0 Å². The smallest absolute Gasteiger partial charge is 0.221 e. The van der Waals surface area contributed by atoms with Crippen LogP contribution in [0.25, 0.3) is 0 Å². The summed E-state index contributed by atoms with van der Waals surface area (Å²) in [6.07, 6.45) is 11.9. The molecule has 0 aromatic heterocycles. The van der Waals surface area contributed by atoms with Crippen LogP contribution in [0.15, 0.2) is 29.2 Å². The van der Waals surface area contributed by atoms with E-state index in [4.69, 9.17) is 0 Å². The molecule has 25 heavy (non-hydrogen) atoms. The summed E-state index contributed by atoms with van der Waals surface area (Å²) in [5.74, 6) is 0.0316. The molecule has 4 nitrogen and oxygen atoms in total. The van der Waals surface area contributed by atoms with E-state index in [-0.39, 0.29) is 11.7 Å². The van der Waals surface area contributed by atoms with Gasteiger partial charge < -0.3 is 5.32 Å². The molecule has 0 saturated heterocycles. The van der Waals surface area contributed by atoms with E-state index in [2.05, 4.69) is 12.2 Å². The van der Waals surface area contributed by atoms with Gasteiger partial charge in [0, 0.05) is 12.6 Å². The van der Waals surface area contributed by atoms with E-state index in [1.165, 1.54) is 51.9 Å². The van der Waals surface area contributed by atoms with Crippen LogP contribution in [0, 0.1) is 0 Å². The standard InChI is InChI=1S/C20H33NO3S/c1-3-4-5-6-7-8-9-10-11-12-17-25(23,24)20-15-13-19(14-16-20)21-18(2)22/h13-16H,3-12,17H2,1-2H3,(H,21,22). The number of nitrogens with one attached hydrogen (secondary N) is 1. The second-order valence-corrected chi connectivity index (χ2v) is 8.82. The number of sulfone groups is 1. The van der Waals surface area contributed by atoms with Crippen molar-refractivity contribution in [3.63, 3.8) is 0 Å². The van der Waals surface area contributed by atoms with Gasteiger partial charge in [0.2, 0.25) is 5.91 Å². The first kappa shape index (κ1) is 21.7. The first-order valence-corrected chi connectivity index (χ1v) is 11.2. The molecule has 0 fully saturated rings. The maximum atomic E-state index is 12.3. The van der Waals surface area contributed by atoms with Gasteiger partial charge in [0.1, 0.15) is 0 Å². The van der Waals surface area contributed by atoms with Crippen LogP contribution in [0.2, 0.25) is 0 Å². The average molecular weight is 368 g/mol. The van der Waals surface area contributed by atoms with Crippen LogP contribution >= 0.6 is 0 Å². The van der Waals surface area contributed by atoms with E-state index in [0.717, 1.165) is 12.8 Å². The van der Waals surface area contributed by atoms with Crippen LogP contribution in [0.1, 0.15) is 78.1 Å². The molecule has 0 aliphatic carbocycles. The minimum Gasteiger partial charge on any atom is -0.326 e. The summed E-state index contributed by atoms with van der Waals surface area (Å²) in [5, 5.41) is 2.64. The quantitative estimate of drug-likeness (QED) is 0.479. The Morgan fingerprint density at radius 1 is 0.840 bits per heavy atom. The number of hydrogen-bond acceptors (Lipinski definition) is 3. The second-order valence-electron chi connectivity index (χ2n) is 6.71. The predicted molar refractivity (Wildman–Crippen MR) is 105 cm³/mol. The molecule has 0 aliphatic heterocycles. The van der Waals surface area contributed by atoms with Crippen molar-refractivity contribution in [1.29, 1.82) is 0 Å². The number of rotatable bonds is 13. The van der Waals surface area contributed by atoms with E-state index >= 15 is 0 Å². The van der Waals surface area contributed by atoms with Crippen LogP contribution in [-0.2, 0) is 14.6 Å². The summed E-state index contributed by atoms with van der Waals surface area (Å²) in [6.45, 7) is 3.65. The highest BCUT2D eigenvalue weighted by Gasteiger charge is 2.13. The number of benzene rings is 1. The molecule has 0 unspecified atom stereocenters. The van der Waals surface area contributed by atoms with Gasteiger partial charge in [-0.1, -0.05) is 64.7 Å². The van der Waals surface area contributed by atoms with Crippen molar-refractivity contribution in [2.45, 2.75) is 83.0 Å². The SMILES string of the molecule is CCCCCCCCCCCCS(=O)(=O)c1ccc(NC(C)=O)cc1. The van der Waals surface area contributed by atoms with Gasteiger partial charge in [-0.15, -0.1) is 0 Å². The lowest BCUT2D eigenvalue weighted by Gasteiger charge is -2.07. The minimum absolute atomic E-state index is 0.166. The Hall–Kier alpha value is -1.36. The highest BCUT2D eigenvalue weighted by atomic mass is 32.2. The summed E-state index contributed by atoms with van der Waals surface area (Å²) in [5.41, 5.74) is 0.616. The normalized spacial score (nSPS) is 11.4. The zero-order chi connectivity index (χ0) is 18.5. The summed E-state index contributed by atoms with van der Waals surface area (Å²) >= 11 is 0. The van der Waals surface area contributed by atoms with Gasteiger partial charge in [-0.05, 0) is 30.7 Å². The van der Waals surface area contributed by atoms with Gasteiger partial charge in [0.05, 0.1) is 10.6 Å². The molecule has 1 aromatic carbocycles. The maximum Gasteiger partial charge on any atom is 0.221 e. The summed E-state index contributed by atoms with van der Waals surface area (Å²) in [7, 11) is -3.23. The Balaban J connectivity index is 2.21. The minimum atomic E-state index is -3.23. The lowest BCUT2D eigenvalue weighted by molar-refractivity contribution is -0.114. The Labute approximate surface area is 153 Å². The van der Waals surface area contributed by atoms with E-state index in [0.29, 0.717) is 17.0 Å². The maximum absolute atomic E-state index is 12.3. The molecule has 1 N–H and O–H groups in total. The Bertz CT molecular complexity index is 594. The van der Waals surface area contributed by atoms with E-state index in [1.807, 2.05) is 0 Å². The van der Waals surface area contributed by atoms with Gasteiger partial charge in [-0.2, -0.15) is 0 Å². The van der Waals surface area contributed by atoms with Crippen LogP contribution in [0.3, 0.4) is 0 Å². The first-order valence-electron chi connectivity index (χ1n) is 9.56. The molecule has 1 aromatic rings. The average Bonchev–Trinajstić information content (AvgIpc) is 2.56. The lowest BCUT2D eigenvalue weighted by Crippen LogP contribution is -2.08. The molecule has 0 atom stereocenters. The van der Waals surface area contributed by atoms with E-state index in [9.17, 15) is 13.2 Å². The van der Waals surface area contributed by atoms with E-state index < -0.39 is 9.84 Å². The molecule has 1 rings (SSSR count). The largest absolute Gasteiger partial charge is 0.326 e. The zero-order valence-corrected chi connectivity index (χ0v) is 16.5. The number of unbranched alkanes of at least 4 members (excludes halogenated alkanes) is 9. The monoisotopic (exact) mass is 367 g/mol. The highest BCUT2D eigenvalue weighted by Crippen LogP contribution is 2.17. The zero-order valence-electron chi connectivity index (χ0n) is 15.7. The van der Waals surface area contributed by atoms with Crippen molar-refractivity contribution in [3.8, 4) is 0 Å². The Morgan fingerprint density at radius 2 is 1.32 bits per heavy atom. The number of carbonyl (C=O) groups is 1. The third-order valence-corrected chi connectivity index (χ3v) is 6.12. The van der Waals surface area contributed by atoms with Crippen LogP contribution < -0.4 is 5.32 Å². The molecule has 5 heteroatoms. The fourth-order valence-electron chi connectivity index (χ4n) is 2.85. The second kappa shape index (κ2) is 12.1. The summed E-state index contributed by atoms with van der Waals surface area (Å²) in [4.78, 5) is 11.3. The fraction of sp³-hybridized carbons (Fsp3) is 0.650. The van der Waals surface area contributed by atoms with Crippen LogP contribution in [-0.4, -0.2) is 20.1 Å². The number of carbonyl (C=O) groups excluding carboxylic acids is 1. The topological polar surface area (TPSA) is 63.2 Å². The molecule has 0 spiro atoms. The van der Waals surface area contributed by atoms with E-state index in [1.54, 1.807) is 24.3 Å². The molecule has 142 valence electrons. The lowest BCUT2D eigenvalue weighted by atomic mass is 10.1. The summed E-state index contributed by atoms with van der Waals surface area (Å²) in [6, 6.07) is 6.40. The Morgan fingerprint density at radius 3 is 1.80 bits per heavy atom. The predicted octanol–water partition coefficient (Wildman–Crippen LogP) is 5.34. The molecule has 0 aliphatic rings. The molecular formula is C20H33NO3S.